The van der Waals surface area contributed by atoms with Crippen LogP contribution in [0.5, 0.6) is 0 Å². The average Bonchev–Trinajstić information content (AvgIpc) is 3.79. The van der Waals surface area contributed by atoms with E-state index in [1.165, 1.54) is 48.6 Å². The Labute approximate surface area is 356 Å². The van der Waals surface area contributed by atoms with E-state index < -0.39 is 8.07 Å². The molecule has 0 aliphatic carbocycles. The van der Waals surface area contributed by atoms with Crippen molar-refractivity contribution in [2.75, 3.05) is 23.5 Å². The van der Waals surface area contributed by atoms with E-state index in [0.29, 0.717) is 5.92 Å². The molecule has 10 rings (SSSR count). The average molecular weight is 946 g/mol. The molecule has 1 aliphatic heterocycles. The minimum atomic E-state index is -3.05. The van der Waals surface area contributed by atoms with Crippen LogP contribution in [-0.2, 0) is 21.1 Å². The molecule has 58 heavy (non-hydrogen) atoms. The Kier molecular flexibility index (Phi) is 9.97. The van der Waals surface area contributed by atoms with Crippen molar-refractivity contribution in [2.45, 2.75) is 19.8 Å². The third-order valence-electron chi connectivity index (χ3n) is 11.7. The van der Waals surface area contributed by atoms with Crippen LogP contribution in [0.4, 0.5) is 17.1 Å². The largest absolute Gasteiger partial charge is 2.00 e. The molecule has 0 saturated heterocycles. The Hall–Kier alpha value is -6.00. The molecule has 0 spiro atoms. The summed E-state index contributed by atoms with van der Waals surface area (Å²) >= 11 is 0. The maximum absolute atomic E-state index is 5.07. The van der Waals surface area contributed by atoms with Gasteiger partial charge in [0.25, 0.3) is 0 Å². The monoisotopic (exact) mass is 945 g/mol. The SMILES string of the molecule is CC(C)c1ccccc1-c1ccnc(-n2c3[c-]c([Si](c4[c-]c(N5CN(C)c6ccccc65)ccc4)(c4ccccc4)c4ccccc4)ccc3c3ccccc32)c1.[Pt+2]. The van der Waals surface area contributed by atoms with Gasteiger partial charge in [-0.3, -0.25) is 0 Å². The van der Waals surface area contributed by atoms with Gasteiger partial charge in [-0.05, 0) is 68.7 Å². The zero-order valence-electron chi connectivity index (χ0n) is 32.7. The zero-order chi connectivity index (χ0) is 38.5. The summed E-state index contributed by atoms with van der Waals surface area (Å²) in [6, 6.07) is 72.2. The van der Waals surface area contributed by atoms with E-state index in [-0.39, 0.29) is 21.1 Å². The normalized spacial score (nSPS) is 12.6. The van der Waals surface area contributed by atoms with Gasteiger partial charge in [0.2, 0.25) is 0 Å². The van der Waals surface area contributed by atoms with E-state index in [9.17, 15) is 0 Å². The van der Waals surface area contributed by atoms with E-state index >= 15 is 0 Å². The summed E-state index contributed by atoms with van der Waals surface area (Å²) in [7, 11) is -0.890. The van der Waals surface area contributed by atoms with Crippen LogP contribution in [0, 0.1) is 12.1 Å². The predicted molar refractivity (Wildman–Crippen MR) is 241 cm³/mol. The van der Waals surface area contributed by atoms with E-state index in [0.717, 1.165) is 40.2 Å². The first-order valence-corrected chi connectivity index (χ1v) is 21.8. The van der Waals surface area contributed by atoms with Crippen molar-refractivity contribution < 1.29 is 21.1 Å². The Morgan fingerprint density at radius 1 is 0.603 bits per heavy atom. The summed E-state index contributed by atoms with van der Waals surface area (Å²) < 4.78 is 2.32. The molecule has 3 heterocycles. The molecule has 0 radical (unpaired) electrons. The fourth-order valence-corrected chi connectivity index (χ4v) is 13.6. The molecule has 2 aromatic heterocycles. The van der Waals surface area contributed by atoms with Crippen LogP contribution in [0.2, 0.25) is 0 Å². The van der Waals surface area contributed by atoms with Crippen molar-refractivity contribution in [3.05, 3.63) is 200 Å². The van der Waals surface area contributed by atoms with Gasteiger partial charge in [0.05, 0.1) is 18.0 Å². The summed E-state index contributed by atoms with van der Waals surface area (Å²) in [5, 5.41) is 7.27. The number of aromatic nitrogens is 2. The predicted octanol–water partition coefficient (Wildman–Crippen LogP) is 9.49. The second-order valence-electron chi connectivity index (χ2n) is 15.3. The molecular weight excluding hydrogens is 904 g/mol. The van der Waals surface area contributed by atoms with Crippen molar-refractivity contribution in [2.24, 2.45) is 0 Å². The van der Waals surface area contributed by atoms with Gasteiger partial charge in [-0.25, -0.2) is 4.98 Å². The van der Waals surface area contributed by atoms with Gasteiger partial charge in [0, 0.05) is 18.8 Å². The maximum atomic E-state index is 5.07. The van der Waals surface area contributed by atoms with Crippen molar-refractivity contribution in [3.63, 3.8) is 0 Å². The van der Waals surface area contributed by atoms with Crippen LogP contribution in [0.1, 0.15) is 25.3 Å². The Morgan fingerprint density at radius 2 is 1.26 bits per heavy atom. The van der Waals surface area contributed by atoms with Crippen LogP contribution in [0.15, 0.2) is 182 Å². The first kappa shape index (κ1) is 37.6. The molecule has 9 aromatic rings. The molecule has 0 N–H and O–H groups in total. The van der Waals surface area contributed by atoms with E-state index in [4.69, 9.17) is 4.98 Å². The number of pyridine rings is 1. The number of hydrogen-bond donors (Lipinski definition) is 0. The van der Waals surface area contributed by atoms with Crippen molar-refractivity contribution in [1.82, 2.24) is 9.55 Å². The smallest absolute Gasteiger partial charge is 0.355 e. The van der Waals surface area contributed by atoms with Crippen LogP contribution in [0.3, 0.4) is 0 Å². The summed E-state index contributed by atoms with van der Waals surface area (Å²) in [4.78, 5) is 9.76. The van der Waals surface area contributed by atoms with Crippen molar-refractivity contribution >= 4 is 67.7 Å². The van der Waals surface area contributed by atoms with Crippen molar-refractivity contribution in [3.8, 4) is 16.9 Å². The second kappa shape index (κ2) is 15.4. The number of hydrogen-bond acceptors (Lipinski definition) is 3. The minimum Gasteiger partial charge on any atom is -0.355 e. The molecule has 0 unspecified atom stereocenters. The van der Waals surface area contributed by atoms with Gasteiger partial charge in [-0.1, -0.05) is 140 Å². The van der Waals surface area contributed by atoms with Gasteiger partial charge < -0.3 is 14.4 Å². The van der Waals surface area contributed by atoms with Gasteiger partial charge in [0.15, 0.2) is 0 Å². The fraction of sp³-hybridized carbons (Fsp3) is 0.0962. The Bertz CT molecular complexity index is 2870. The first-order chi connectivity index (χ1) is 28.0. The number of para-hydroxylation sites is 3. The van der Waals surface area contributed by atoms with Crippen molar-refractivity contribution in [1.29, 1.82) is 0 Å². The maximum Gasteiger partial charge on any atom is 2.00 e. The number of anilines is 3. The van der Waals surface area contributed by atoms with Crippen LogP contribution >= 0.6 is 0 Å². The summed E-state index contributed by atoms with van der Waals surface area (Å²) in [5.74, 6) is 1.27. The topological polar surface area (TPSA) is 24.3 Å². The first-order valence-electron chi connectivity index (χ1n) is 19.8. The zero-order valence-corrected chi connectivity index (χ0v) is 36.0. The second-order valence-corrected chi connectivity index (χ2v) is 19.1. The summed E-state index contributed by atoms with van der Waals surface area (Å²) in [6.45, 7) is 5.28. The van der Waals surface area contributed by atoms with E-state index in [1.807, 2.05) is 6.20 Å². The minimum absolute atomic E-state index is 0. The van der Waals surface area contributed by atoms with E-state index in [2.05, 4.69) is 223 Å². The molecule has 0 fully saturated rings. The number of benzene rings is 7. The van der Waals surface area contributed by atoms with Gasteiger partial charge >= 0.3 is 21.1 Å². The summed E-state index contributed by atoms with van der Waals surface area (Å²) in [6.07, 6.45) is 1.95. The van der Waals surface area contributed by atoms with Gasteiger partial charge in [0.1, 0.15) is 13.9 Å². The molecule has 0 amide bonds. The molecule has 0 saturated carbocycles. The van der Waals surface area contributed by atoms with Gasteiger partial charge in [-0.15, -0.1) is 11.5 Å². The third-order valence-corrected chi connectivity index (χ3v) is 16.3. The standard InChI is InChI=1S/C52H42N4Si.Pt/c1-37(2)44-23-10-11-24-45(44)38-31-32-53-52(33-38)56-48-26-13-12-25-46(48)47-30-29-43(35-51(47)56)57(40-18-6-4-7-19-40,41-20-8-5-9-21-41)42-22-16-17-39(34-42)55-36-54(3)49-27-14-15-28-50(49)55;/h4-33,37H,36H2,1-3H3;/q-2;+2. The summed E-state index contributed by atoms with van der Waals surface area (Å²) in [5.41, 5.74) is 9.34. The van der Waals surface area contributed by atoms with Crippen LogP contribution in [0.25, 0.3) is 38.8 Å². The quantitative estimate of drug-likeness (QED) is 0.0863. The van der Waals surface area contributed by atoms with Crippen LogP contribution in [-0.4, -0.2) is 31.3 Å². The molecule has 0 atom stereocenters. The number of nitrogens with zero attached hydrogens (tertiary/aromatic N) is 4. The molecule has 7 aromatic carbocycles. The van der Waals surface area contributed by atoms with Gasteiger partial charge in [-0.2, -0.15) is 46.8 Å². The van der Waals surface area contributed by atoms with E-state index in [1.54, 1.807) is 0 Å². The molecule has 0 bridgehead atoms. The molecule has 284 valence electrons. The number of fused-ring (bicyclic) bond motifs is 4. The molecule has 1 aliphatic rings. The Morgan fingerprint density at radius 3 is 2.02 bits per heavy atom. The molecular formula is C52H42N4PtSi. The Balaban J connectivity index is 0.00000436. The fourth-order valence-electron chi connectivity index (χ4n) is 9.05. The third kappa shape index (κ3) is 6.12. The molecule has 6 heteroatoms. The number of rotatable bonds is 8. The van der Waals surface area contributed by atoms with Crippen LogP contribution < -0.4 is 30.5 Å². The molecule has 4 nitrogen and oxygen atoms in total.